The molecule has 1 N–H and O–H groups in total. The van der Waals surface area contributed by atoms with Crippen molar-refractivity contribution in [2.24, 2.45) is 0 Å². The number of anilines is 3. The third-order valence-electron chi connectivity index (χ3n) is 6.00. The minimum Gasteiger partial charge on any atom is -0.345 e. The molecule has 5 nitrogen and oxygen atoms in total. The molecule has 5 rings (SSSR count). The second kappa shape index (κ2) is 9.04. The summed E-state index contributed by atoms with van der Waals surface area (Å²) >= 11 is 1.80. The molecule has 0 amide bonds. The van der Waals surface area contributed by atoms with Gasteiger partial charge in [0.15, 0.2) is 5.13 Å². The van der Waals surface area contributed by atoms with E-state index in [4.69, 9.17) is 4.98 Å². The van der Waals surface area contributed by atoms with Crippen LogP contribution in [0.2, 0.25) is 0 Å². The SMILES string of the molecule is CN(c1ccncc1)c1ccc(CN(c2nc3ccccc3s2)C2CCNCC2)cc1. The fourth-order valence-corrected chi connectivity index (χ4v) is 5.23. The third-order valence-corrected chi connectivity index (χ3v) is 7.08. The average molecular weight is 430 g/mol. The zero-order valence-electron chi connectivity index (χ0n) is 17.7. The summed E-state index contributed by atoms with van der Waals surface area (Å²) in [6.45, 7) is 3.02. The van der Waals surface area contributed by atoms with Gasteiger partial charge in [-0.25, -0.2) is 4.98 Å². The molecule has 1 fully saturated rings. The van der Waals surface area contributed by atoms with Crippen LogP contribution in [0.5, 0.6) is 0 Å². The third kappa shape index (κ3) is 4.40. The molecule has 2 aromatic heterocycles. The van der Waals surface area contributed by atoms with E-state index < -0.39 is 0 Å². The fourth-order valence-electron chi connectivity index (χ4n) is 4.19. The summed E-state index contributed by atoms with van der Waals surface area (Å²) in [6, 6.07) is 21.9. The van der Waals surface area contributed by atoms with Gasteiger partial charge in [-0.2, -0.15) is 0 Å². The predicted molar refractivity (Wildman–Crippen MR) is 130 cm³/mol. The Hall–Kier alpha value is -2.96. The minimum atomic E-state index is 0.515. The van der Waals surface area contributed by atoms with Gasteiger partial charge in [-0.15, -0.1) is 0 Å². The number of rotatable bonds is 6. The number of aromatic nitrogens is 2. The van der Waals surface area contributed by atoms with Crippen molar-refractivity contribution in [2.75, 3.05) is 29.9 Å². The highest BCUT2D eigenvalue weighted by Gasteiger charge is 2.24. The van der Waals surface area contributed by atoms with Gasteiger partial charge >= 0.3 is 0 Å². The maximum Gasteiger partial charge on any atom is 0.186 e. The van der Waals surface area contributed by atoms with Crippen LogP contribution in [-0.4, -0.2) is 36.1 Å². The van der Waals surface area contributed by atoms with E-state index in [9.17, 15) is 0 Å². The van der Waals surface area contributed by atoms with Crippen LogP contribution in [0.1, 0.15) is 18.4 Å². The first-order valence-electron chi connectivity index (χ1n) is 10.8. The zero-order valence-corrected chi connectivity index (χ0v) is 18.6. The van der Waals surface area contributed by atoms with Gasteiger partial charge in [0.1, 0.15) is 0 Å². The number of nitrogens with one attached hydrogen (secondary N) is 1. The molecule has 1 aliphatic rings. The Bertz CT molecular complexity index is 1090. The number of para-hydroxylation sites is 1. The number of benzene rings is 2. The van der Waals surface area contributed by atoms with Crippen LogP contribution in [0.4, 0.5) is 16.5 Å². The van der Waals surface area contributed by atoms with E-state index in [2.05, 4.69) is 75.7 Å². The van der Waals surface area contributed by atoms with E-state index in [1.807, 2.05) is 24.5 Å². The zero-order chi connectivity index (χ0) is 21.0. The van der Waals surface area contributed by atoms with Crippen molar-refractivity contribution < 1.29 is 0 Å². The molecule has 0 atom stereocenters. The lowest BCUT2D eigenvalue weighted by atomic mass is 10.0. The van der Waals surface area contributed by atoms with Crippen molar-refractivity contribution in [1.29, 1.82) is 0 Å². The molecular formula is C25H27N5S. The van der Waals surface area contributed by atoms with Crippen molar-refractivity contribution in [3.8, 4) is 0 Å². The standard InChI is InChI=1S/C25H27N5S/c1-29(21-10-14-26-15-11-21)20-8-6-19(7-9-20)18-30(22-12-16-27-17-13-22)25-28-23-4-2-3-5-24(23)31-25/h2-11,14-15,22,27H,12-13,16-18H2,1H3. The summed E-state index contributed by atoms with van der Waals surface area (Å²) < 4.78 is 1.26. The molecule has 2 aromatic carbocycles. The topological polar surface area (TPSA) is 44.3 Å². The molecule has 3 heterocycles. The lowest BCUT2D eigenvalue weighted by Gasteiger charge is -2.34. The van der Waals surface area contributed by atoms with Gasteiger partial charge in [0.2, 0.25) is 0 Å². The van der Waals surface area contributed by atoms with E-state index in [0.717, 1.165) is 48.8 Å². The van der Waals surface area contributed by atoms with Crippen LogP contribution in [0, 0.1) is 0 Å². The maximum atomic E-state index is 4.98. The Labute approximate surface area is 187 Å². The monoisotopic (exact) mass is 429 g/mol. The van der Waals surface area contributed by atoms with E-state index in [-0.39, 0.29) is 0 Å². The van der Waals surface area contributed by atoms with E-state index in [1.165, 1.54) is 16.0 Å². The molecule has 1 saturated heterocycles. The number of nitrogens with zero attached hydrogens (tertiary/aromatic N) is 4. The smallest absolute Gasteiger partial charge is 0.186 e. The van der Waals surface area contributed by atoms with Crippen molar-refractivity contribution in [3.63, 3.8) is 0 Å². The molecule has 158 valence electrons. The summed E-state index contributed by atoms with van der Waals surface area (Å²) in [5, 5.41) is 4.62. The van der Waals surface area contributed by atoms with Gasteiger partial charge in [0.05, 0.1) is 10.2 Å². The summed E-state index contributed by atoms with van der Waals surface area (Å²) in [4.78, 5) is 13.8. The normalized spacial score (nSPS) is 14.6. The number of thiazole rings is 1. The molecule has 31 heavy (non-hydrogen) atoms. The molecular weight excluding hydrogens is 402 g/mol. The Balaban J connectivity index is 1.39. The summed E-state index contributed by atoms with van der Waals surface area (Å²) in [7, 11) is 2.09. The number of hydrogen-bond donors (Lipinski definition) is 1. The fraction of sp³-hybridized carbons (Fsp3) is 0.280. The summed E-state index contributed by atoms with van der Waals surface area (Å²) in [6.07, 6.45) is 5.96. The van der Waals surface area contributed by atoms with Crippen molar-refractivity contribution >= 4 is 38.1 Å². The number of hydrogen-bond acceptors (Lipinski definition) is 6. The lowest BCUT2D eigenvalue weighted by Crippen LogP contribution is -2.43. The molecule has 4 aromatic rings. The highest BCUT2D eigenvalue weighted by atomic mass is 32.1. The minimum absolute atomic E-state index is 0.515. The second-order valence-corrected chi connectivity index (χ2v) is 9.01. The van der Waals surface area contributed by atoms with Crippen LogP contribution in [0.25, 0.3) is 10.2 Å². The van der Waals surface area contributed by atoms with Gasteiger partial charge in [-0.05, 0) is 67.9 Å². The number of pyridine rings is 1. The molecule has 0 spiro atoms. The van der Waals surface area contributed by atoms with Crippen molar-refractivity contribution in [1.82, 2.24) is 15.3 Å². The Morgan fingerprint density at radius 3 is 2.39 bits per heavy atom. The van der Waals surface area contributed by atoms with Crippen LogP contribution in [0.3, 0.4) is 0 Å². The summed E-state index contributed by atoms with van der Waals surface area (Å²) in [5.74, 6) is 0. The first-order chi connectivity index (χ1) is 15.3. The average Bonchev–Trinajstić information content (AvgIpc) is 3.27. The highest BCUT2D eigenvalue weighted by Crippen LogP contribution is 2.33. The molecule has 1 aliphatic heterocycles. The van der Waals surface area contributed by atoms with Crippen molar-refractivity contribution in [3.05, 3.63) is 78.6 Å². The van der Waals surface area contributed by atoms with E-state index >= 15 is 0 Å². The van der Waals surface area contributed by atoms with Crippen LogP contribution < -0.4 is 15.1 Å². The van der Waals surface area contributed by atoms with E-state index in [0.29, 0.717) is 6.04 Å². The highest BCUT2D eigenvalue weighted by molar-refractivity contribution is 7.22. The van der Waals surface area contributed by atoms with Crippen LogP contribution in [-0.2, 0) is 6.54 Å². The van der Waals surface area contributed by atoms with Crippen molar-refractivity contribution in [2.45, 2.75) is 25.4 Å². The van der Waals surface area contributed by atoms with Gasteiger partial charge in [-0.3, -0.25) is 4.98 Å². The predicted octanol–water partition coefficient (Wildman–Crippen LogP) is 5.22. The van der Waals surface area contributed by atoms with Crippen LogP contribution in [0.15, 0.2) is 73.1 Å². The van der Waals surface area contributed by atoms with Crippen LogP contribution >= 0.6 is 11.3 Å². The Morgan fingerprint density at radius 2 is 1.65 bits per heavy atom. The molecule has 0 bridgehead atoms. The number of fused-ring (bicyclic) bond motifs is 1. The quantitative estimate of drug-likeness (QED) is 0.455. The van der Waals surface area contributed by atoms with Gasteiger partial charge in [0.25, 0.3) is 0 Å². The number of piperidine rings is 1. The molecule has 0 radical (unpaired) electrons. The Kier molecular flexibility index (Phi) is 5.82. The Morgan fingerprint density at radius 1 is 0.935 bits per heavy atom. The van der Waals surface area contributed by atoms with E-state index in [1.54, 1.807) is 11.3 Å². The molecule has 0 saturated carbocycles. The molecule has 0 aliphatic carbocycles. The molecule has 6 heteroatoms. The maximum absolute atomic E-state index is 4.98. The van der Waals surface area contributed by atoms with Gasteiger partial charge in [0, 0.05) is 43.4 Å². The lowest BCUT2D eigenvalue weighted by molar-refractivity contribution is 0.428. The first-order valence-corrected chi connectivity index (χ1v) is 11.7. The van der Waals surface area contributed by atoms with Gasteiger partial charge < -0.3 is 15.1 Å². The first kappa shape index (κ1) is 20.0. The van der Waals surface area contributed by atoms with Gasteiger partial charge in [-0.1, -0.05) is 35.6 Å². The largest absolute Gasteiger partial charge is 0.345 e. The second-order valence-electron chi connectivity index (χ2n) is 8.00. The summed E-state index contributed by atoms with van der Waals surface area (Å²) in [5.41, 5.74) is 4.71. The molecule has 0 unspecified atom stereocenters.